The molecular weight excluding hydrogens is 703 g/mol. The van der Waals surface area contributed by atoms with Crippen LogP contribution in [0.3, 0.4) is 0 Å². The van der Waals surface area contributed by atoms with Crippen LogP contribution in [0.2, 0.25) is 0 Å². The molecule has 4 nitrogen and oxygen atoms in total. The SMILES string of the molecule is [2H]C([2H])(c1cc2c(-c3[c-]ccc4c3oc3nc(C)ccc34)nccc2s1)C(C)(C)C.[Ir].[c-]1ccccc1-c1ccccn1. The molecule has 7 rings (SSSR count). The van der Waals surface area contributed by atoms with E-state index in [1.807, 2.05) is 107 Å². The van der Waals surface area contributed by atoms with Crippen LogP contribution in [0.1, 0.15) is 34.1 Å². The number of hydrogen-bond donors (Lipinski definition) is 0. The van der Waals surface area contributed by atoms with E-state index in [2.05, 4.69) is 27.1 Å². The van der Waals surface area contributed by atoms with Crippen molar-refractivity contribution < 1.29 is 27.3 Å². The molecule has 41 heavy (non-hydrogen) atoms. The monoisotopic (exact) mass is 734 g/mol. The predicted molar refractivity (Wildman–Crippen MR) is 165 cm³/mol. The molecule has 0 aliphatic heterocycles. The molecule has 7 aromatic rings. The van der Waals surface area contributed by atoms with Gasteiger partial charge in [0, 0.05) is 61.6 Å². The van der Waals surface area contributed by atoms with Crippen molar-refractivity contribution in [3.63, 3.8) is 0 Å². The molecule has 207 valence electrons. The van der Waals surface area contributed by atoms with Crippen LogP contribution in [0.4, 0.5) is 0 Å². The summed E-state index contributed by atoms with van der Waals surface area (Å²) in [6.07, 6.45) is 2.10. The molecule has 0 unspecified atom stereocenters. The Morgan fingerprint density at radius 1 is 0.878 bits per heavy atom. The van der Waals surface area contributed by atoms with Crippen molar-refractivity contribution >= 4 is 43.5 Å². The Morgan fingerprint density at radius 3 is 2.49 bits per heavy atom. The van der Waals surface area contributed by atoms with Gasteiger partial charge in [-0.25, -0.2) is 4.98 Å². The molecule has 6 heteroatoms. The van der Waals surface area contributed by atoms with Crippen LogP contribution in [-0.4, -0.2) is 15.0 Å². The van der Waals surface area contributed by atoms with Gasteiger partial charge in [-0.15, -0.1) is 65.4 Å². The molecule has 0 amide bonds. The third-order valence-corrected chi connectivity index (χ3v) is 7.28. The number of thiophene rings is 1. The van der Waals surface area contributed by atoms with Crippen LogP contribution >= 0.6 is 11.3 Å². The summed E-state index contributed by atoms with van der Waals surface area (Å²) in [7, 11) is 0. The van der Waals surface area contributed by atoms with Gasteiger partial charge in [0.25, 0.3) is 0 Å². The number of rotatable bonds is 3. The summed E-state index contributed by atoms with van der Waals surface area (Å²) in [4.78, 5) is 14.1. The van der Waals surface area contributed by atoms with Crippen molar-refractivity contribution in [1.82, 2.24) is 15.0 Å². The summed E-state index contributed by atoms with van der Waals surface area (Å²) in [5, 5.41) is 2.86. The Labute approximate surface area is 260 Å². The molecule has 2 aromatic carbocycles. The zero-order chi connectivity index (χ0) is 29.5. The van der Waals surface area contributed by atoms with Gasteiger partial charge in [-0.3, -0.25) is 0 Å². The first-order valence-electron chi connectivity index (χ1n) is 14.1. The maximum absolute atomic E-state index is 8.67. The Kier molecular flexibility index (Phi) is 7.70. The summed E-state index contributed by atoms with van der Waals surface area (Å²) in [6.45, 7) is 7.72. The largest absolute Gasteiger partial charge is 0.486 e. The Morgan fingerprint density at radius 2 is 1.73 bits per heavy atom. The second-order valence-corrected chi connectivity index (χ2v) is 11.6. The molecule has 0 saturated carbocycles. The molecule has 0 atom stereocenters. The number of aromatic nitrogens is 3. The van der Waals surface area contributed by atoms with E-state index in [4.69, 9.17) is 7.16 Å². The average molecular weight is 734 g/mol. The minimum Gasteiger partial charge on any atom is -0.486 e. The Hall–Kier alpha value is -3.70. The molecule has 0 N–H and O–H groups in total. The molecule has 5 aromatic heterocycles. The van der Waals surface area contributed by atoms with Gasteiger partial charge in [-0.1, -0.05) is 43.9 Å². The van der Waals surface area contributed by atoms with E-state index in [1.54, 1.807) is 12.4 Å². The van der Waals surface area contributed by atoms with Gasteiger partial charge in [0.1, 0.15) is 0 Å². The minimum atomic E-state index is -1.45. The van der Waals surface area contributed by atoms with Crippen molar-refractivity contribution in [2.45, 2.75) is 34.1 Å². The quantitative estimate of drug-likeness (QED) is 0.170. The summed E-state index contributed by atoms with van der Waals surface area (Å²) in [5.74, 6) is 0. The molecule has 0 aliphatic rings. The van der Waals surface area contributed by atoms with Crippen LogP contribution in [0.5, 0.6) is 0 Å². The smallest absolute Gasteiger partial charge is 0.216 e. The van der Waals surface area contributed by atoms with E-state index in [0.29, 0.717) is 16.2 Å². The van der Waals surface area contributed by atoms with Gasteiger partial charge in [-0.05, 0) is 60.1 Å². The molecule has 0 spiro atoms. The van der Waals surface area contributed by atoms with E-state index in [9.17, 15) is 0 Å². The number of hydrogen-bond acceptors (Lipinski definition) is 5. The fourth-order valence-electron chi connectivity index (χ4n) is 4.56. The fraction of sp³-hybridized carbons (Fsp3) is 0.171. The Balaban J connectivity index is 0.000000238. The van der Waals surface area contributed by atoms with Gasteiger partial charge >= 0.3 is 0 Å². The predicted octanol–water partition coefficient (Wildman–Crippen LogP) is 9.50. The third-order valence-electron chi connectivity index (χ3n) is 6.27. The fourth-order valence-corrected chi connectivity index (χ4v) is 5.72. The van der Waals surface area contributed by atoms with Crippen molar-refractivity contribution in [1.29, 1.82) is 0 Å². The number of fused-ring (bicyclic) bond motifs is 4. The molecule has 1 radical (unpaired) electrons. The van der Waals surface area contributed by atoms with Crippen LogP contribution in [0.25, 0.3) is 54.7 Å². The average Bonchev–Trinajstić information content (AvgIpc) is 3.60. The van der Waals surface area contributed by atoms with Gasteiger partial charge in [0.05, 0.1) is 5.58 Å². The zero-order valence-electron chi connectivity index (χ0n) is 25.2. The van der Waals surface area contributed by atoms with Gasteiger partial charge in [0.2, 0.25) is 5.71 Å². The van der Waals surface area contributed by atoms with Gasteiger partial charge in [-0.2, -0.15) is 0 Å². The van der Waals surface area contributed by atoms with Gasteiger partial charge < -0.3 is 14.4 Å². The number of furan rings is 1. The van der Waals surface area contributed by atoms with Gasteiger partial charge in [0.15, 0.2) is 0 Å². The van der Waals surface area contributed by atoms with Crippen molar-refractivity contribution in [3.8, 4) is 22.5 Å². The van der Waals surface area contributed by atoms with Crippen LogP contribution < -0.4 is 0 Å². The van der Waals surface area contributed by atoms with Crippen molar-refractivity contribution in [2.24, 2.45) is 5.41 Å². The number of pyridine rings is 3. The maximum atomic E-state index is 8.67. The number of nitrogens with zero attached hydrogens (tertiary/aromatic N) is 3. The normalized spacial score (nSPS) is 12.4. The summed E-state index contributed by atoms with van der Waals surface area (Å²) in [5.41, 5.74) is 5.23. The molecule has 0 fully saturated rings. The zero-order valence-corrected chi connectivity index (χ0v) is 26.4. The van der Waals surface area contributed by atoms with Crippen LogP contribution in [0, 0.1) is 24.5 Å². The molecule has 0 aliphatic carbocycles. The van der Waals surface area contributed by atoms with E-state index in [-0.39, 0.29) is 20.1 Å². The second kappa shape index (κ2) is 12.0. The van der Waals surface area contributed by atoms with E-state index in [0.717, 1.165) is 49.1 Å². The summed E-state index contributed by atoms with van der Waals surface area (Å²) in [6, 6.07) is 31.9. The molecule has 0 bridgehead atoms. The van der Waals surface area contributed by atoms with Crippen molar-refractivity contribution in [2.75, 3.05) is 0 Å². The van der Waals surface area contributed by atoms with E-state index in [1.165, 1.54) is 11.3 Å². The topological polar surface area (TPSA) is 51.8 Å². The Bertz CT molecular complexity index is 1980. The second-order valence-electron chi connectivity index (χ2n) is 10.6. The van der Waals surface area contributed by atoms with Crippen LogP contribution in [0.15, 0.2) is 95.7 Å². The minimum absolute atomic E-state index is 0. The molecular formula is C35H29IrN3OS-2. The standard InChI is InChI=1S/C24H21N2OS.C11H8N.Ir/c1-14-8-9-17-16-6-5-7-18(22(16)27-23(17)26-14)21-19-12-15(13-24(2,3)4)28-20(19)10-11-25-21;1-2-6-10(7-3-1)11-8-4-5-9-12-11;/h5-6,8-12H,13H2,1-4H3;1-6,8-9H;/q2*-1;/i13D2;;. The number of benzene rings is 2. The molecule has 0 saturated heterocycles. The van der Waals surface area contributed by atoms with Crippen LogP contribution in [-0.2, 0) is 26.5 Å². The van der Waals surface area contributed by atoms with E-state index >= 15 is 0 Å². The summed E-state index contributed by atoms with van der Waals surface area (Å²) >= 11 is 1.48. The first-order valence-corrected chi connectivity index (χ1v) is 13.9. The maximum Gasteiger partial charge on any atom is 0.216 e. The first-order chi connectivity index (χ1) is 20.1. The summed E-state index contributed by atoms with van der Waals surface area (Å²) < 4.78 is 24.5. The third kappa shape index (κ3) is 6.30. The van der Waals surface area contributed by atoms with Crippen molar-refractivity contribution in [3.05, 3.63) is 114 Å². The van der Waals surface area contributed by atoms with E-state index < -0.39 is 11.8 Å². The molecule has 5 heterocycles. The number of aryl methyl sites for hydroxylation is 1. The first kappa shape index (κ1) is 26.2.